The number of nitrogens with zero attached hydrogens (tertiary/aromatic N) is 2. The minimum atomic E-state index is -0.149. The van der Waals surface area contributed by atoms with E-state index < -0.39 is 0 Å². The molecular formula is C23H39N3O2. The molecule has 0 spiro atoms. The third-order valence-corrected chi connectivity index (χ3v) is 6.84. The highest BCUT2D eigenvalue weighted by molar-refractivity contribution is 5.73. The summed E-state index contributed by atoms with van der Waals surface area (Å²) >= 11 is 0. The summed E-state index contributed by atoms with van der Waals surface area (Å²) < 4.78 is 0. The zero-order valence-electron chi connectivity index (χ0n) is 18.8. The summed E-state index contributed by atoms with van der Waals surface area (Å²) in [6.45, 7) is 11.9. The first-order chi connectivity index (χ1) is 13.2. The number of hydrogen-bond acceptors (Lipinski definition) is 3. The zero-order valence-corrected chi connectivity index (χ0v) is 18.8. The molecule has 1 saturated heterocycles. The topological polar surface area (TPSA) is 44.8 Å². The molecule has 1 aliphatic heterocycles. The van der Waals surface area contributed by atoms with Crippen molar-refractivity contribution in [3.63, 3.8) is 0 Å². The Morgan fingerprint density at radius 2 is 1.86 bits per heavy atom. The van der Waals surface area contributed by atoms with Crippen LogP contribution in [0.3, 0.4) is 0 Å². The van der Waals surface area contributed by atoms with Gasteiger partial charge >= 0.3 is 6.03 Å². The lowest BCUT2D eigenvalue weighted by Crippen LogP contribution is -2.70. The normalized spacial score (nSPS) is 30.8. The molecular weight excluding hydrogens is 350 g/mol. The van der Waals surface area contributed by atoms with Gasteiger partial charge in [0.05, 0.1) is 6.61 Å². The first-order valence-corrected chi connectivity index (χ1v) is 10.6. The summed E-state index contributed by atoms with van der Waals surface area (Å²) in [6.07, 6.45) is 3.70. The molecule has 1 heterocycles. The number of nitrogens with one attached hydrogen (secondary N) is 1. The first kappa shape index (κ1) is 22.7. The molecule has 0 aliphatic carbocycles. The highest BCUT2D eigenvalue weighted by Gasteiger charge is 2.54. The van der Waals surface area contributed by atoms with Gasteiger partial charge in [-0.15, -0.1) is 0 Å². The molecule has 1 aromatic rings. The SMILES string of the molecule is CCC1(C)CC(NC(=O)N(C)C)C(C)C(C)(CC)N1OCCc1ccccc1. The number of urea groups is 1. The summed E-state index contributed by atoms with van der Waals surface area (Å²) in [6, 6.07) is 10.6. The number of carbonyl (C=O) groups excluding carboxylic acids is 1. The van der Waals surface area contributed by atoms with E-state index >= 15 is 0 Å². The van der Waals surface area contributed by atoms with Crippen LogP contribution < -0.4 is 5.32 Å². The van der Waals surface area contributed by atoms with Crippen molar-refractivity contribution < 1.29 is 9.63 Å². The van der Waals surface area contributed by atoms with Crippen LogP contribution in [0.15, 0.2) is 30.3 Å². The van der Waals surface area contributed by atoms with E-state index in [9.17, 15) is 4.79 Å². The average Bonchev–Trinajstić information content (AvgIpc) is 2.69. The van der Waals surface area contributed by atoms with E-state index in [1.807, 2.05) is 6.07 Å². The van der Waals surface area contributed by atoms with Gasteiger partial charge in [0.15, 0.2) is 0 Å². The van der Waals surface area contributed by atoms with E-state index in [-0.39, 0.29) is 29.1 Å². The number of carbonyl (C=O) groups is 1. The highest BCUT2D eigenvalue weighted by atomic mass is 16.7. The molecule has 28 heavy (non-hydrogen) atoms. The summed E-state index contributed by atoms with van der Waals surface area (Å²) in [7, 11) is 3.58. The third-order valence-electron chi connectivity index (χ3n) is 6.84. The molecule has 4 atom stereocenters. The van der Waals surface area contributed by atoms with E-state index in [2.05, 4.69) is 69.3 Å². The molecule has 1 aromatic carbocycles. The molecule has 2 rings (SSSR count). The lowest BCUT2D eigenvalue weighted by Gasteiger charge is -2.59. The van der Waals surface area contributed by atoms with E-state index in [1.165, 1.54) is 5.56 Å². The lowest BCUT2D eigenvalue weighted by atomic mass is 9.68. The van der Waals surface area contributed by atoms with Gasteiger partial charge in [-0.1, -0.05) is 51.1 Å². The number of hydroxylamine groups is 2. The molecule has 5 nitrogen and oxygen atoms in total. The van der Waals surface area contributed by atoms with E-state index in [4.69, 9.17) is 4.84 Å². The molecule has 1 aliphatic rings. The quantitative estimate of drug-likeness (QED) is 0.748. The fourth-order valence-electron chi connectivity index (χ4n) is 4.39. The van der Waals surface area contributed by atoms with Crippen LogP contribution in [0.5, 0.6) is 0 Å². The minimum Gasteiger partial charge on any atom is -0.335 e. The van der Waals surface area contributed by atoms with Crippen molar-refractivity contribution in [2.45, 2.75) is 77.4 Å². The highest BCUT2D eigenvalue weighted by Crippen LogP contribution is 2.45. The van der Waals surface area contributed by atoms with Gasteiger partial charge in [0, 0.05) is 31.2 Å². The van der Waals surface area contributed by atoms with Crippen molar-refractivity contribution in [3.8, 4) is 0 Å². The summed E-state index contributed by atoms with van der Waals surface area (Å²) in [5, 5.41) is 5.52. The van der Waals surface area contributed by atoms with Crippen LogP contribution in [0.2, 0.25) is 0 Å². The maximum Gasteiger partial charge on any atom is 0.317 e. The van der Waals surface area contributed by atoms with Gasteiger partial charge in [-0.2, -0.15) is 5.06 Å². The summed E-state index contributed by atoms with van der Waals surface area (Å²) in [4.78, 5) is 20.4. The second kappa shape index (κ2) is 9.27. The molecule has 0 saturated carbocycles. The molecule has 1 fully saturated rings. The van der Waals surface area contributed by atoms with Crippen LogP contribution in [-0.4, -0.2) is 53.8 Å². The van der Waals surface area contributed by atoms with E-state index in [1.54, 1.807) is 19.0 Å². The van der Waals surface area contributed by atoms with Gasteiger partial charge in [0.25, 0.3) is 0 Å². The van der Waals surface area contributed by atoms with Gasteiger partial charge in [-0.3, -0.25) is 4.84 Å². The predicted molar refractivity (Wildman–Crippen MR) is 115 cm³/mol. The van der Waals surface area contributed by atoms with Gasteiger partial charge in [-0.05, 0) is 51.0 Å². The number of piperidine rings is 1. The van der Waals surface area contributed by atoms with E-state index in [0.717, 1.165) is 25.7 Å². The predicted octanol–water partition coefficient (Wildman–Crippen LogP) is 4.48. The second-order valence-electron chi connectivity index (χ2n) is 8.87. The summed E-state index contributed by atoms with van der Waals surface area (Å²) in [5.74, 6) is 0.276. The van der Waals surface area contributed by atoms with Crippen LogP contribution in [0.1, 0.15) is 59.4 Å². The number of amides is 2. The number of benzene rings is 1. The number of rotatable bonds is 7. The van der Waals surface area contributed by atoms with Crippen molar-refractivity contribution in [3.05, 3.63) is 35.9 Å². The zero-order chi connectivity index (χ0) is 20.9. The molecule has 5 heteroatoms. The van der Waals surface area contributed by atoms with Crippen molar-refractivity contribution in [1.82, 2.24) is 15.3 Å². The number of hydrogen-bond donors (Lipinski definition) is 1. The molecule has 0 radical (unpaired) electrons. The van der Waals surface area contributed by atoms with Gasteiger partial charge in [0.2, 0.25) is 0 Å². The van der Waals surface area contributed by atoms with Gasteiger partial charge in [0.1, 0.15) is 0 Å². The fourth-order valence-corrected chi connectivity index (χ4v) is 4.39. The minimum absolute atomic E-state index is 0.0211. The Labute approximate surface area is 171 Å². The van der Waals surface area contributed by atoms with Gasteiger partial charge in [-0.25, -0.2) is 4.79 Å². The Bertz CT molecular complexity index is 636. The third kappa shape index (κ3) is 4.69. The Morgan fingerprint density at radius 1 is 1.21 bits per heavy atom. The van der Waals surface area contributed by atoms with Crippen molar-refractivity contribution in [2.24, 2.45) is 5.92 Å². The van der Waals surface area contributed by atoms with Crippen LogP contribution in [0, 0.1) is 5.92 Å². The molecule has 1 N–H and O–H groups in total. The van der Waals surface area contributed by atoms with Crippen molar-refractivity contribution in [2.75, 3.05) is 20.7 Å². The second-order valence-corrected chi connectivity index (χ2v) is 8.87. The van der Waals surface area contributed by atoms with Gasteiger partial charge < -0.3 is 10.2 Å². The maximum absolute atomic E-state index is 12.3. The molecule has 0 bridgehead atoms. The Morgan fingerprint density at radius 3 is 2.39 bits per heavy atom. The van der Waals surface area contributed by atoms with Crippen LogP contribution >= 0.6 is 0 Å². The Hall–Kier alpha value is -1.59. The molecule has 0 aromatic heterocycles. The maximum atomic E-state index is 12.3. The molecule has 4 unspecified atom stereocenters. The standard InChI is InChI=1S/C23H39N3O2/c1-8-22(4)17-20(24-21(27)25(6)7)18(3)23(5,9-2)26(22)28-16-15-19-13-11-10-12-14-19/h10-14,18,20H,8-9,15-17H2,1-7H3,(H,24,27). The largest absolute Gasteiger partial charge is 0.335 e. The lowest BCUT2D eigenvalue weighted by molar-refractivity contribution is -0.306. The van der Waals surface area contributed by atoms with E-state index in [0.29, 0.717) is 6.61 Å². The van der Waals surface area contributed by atoms with Crippen molar-refractivity contribution in [1.29, 1.82) is 0 Å². The molecule has 2 amide bonds. The van der Waals surface area contributed by atoms with Crippen LogP contribution in [0.25, 0.3) is 0 Å². The fraction of sp³-hybridized carbons (Fsp3) is 0.696. The Kier molecular flexibility index (Phi) is 7.52. The van der Waals surface area contributed by atoms with Crippen LogP contribution in [0.4, 0.5) is 4.79 Å². The molecule has 158 valence electrons. The van der Waals surface area contributed by atoms with Crippen LogP contribution in [-0.2, 0) is 11.3 Å². The Balaban J connectivity index is 2.19. The monoisotopic (exact) mass is 389 g/mol. The first-order valence-electron chi connectivity index (χ1n) is 10.6. The summed E-state index contributed by atoms with van der Waals surface area (Å²) in [5.41, 5.74) is 1.02. The van der Waals surface area contributed by atoms with Crippen molar-refractivity contribution >= 4 is 6.03 Å². The smallest absolute Gasteiger partial charge is 0.317 e. The average molecular weight is 390 g/mol.